The zero-order valence-corrected chi connectivity index (χ0v) is 14.7. The van der Waals surface area contributed by atoms with E-state index in [-0.39, 0.29) is 11.9 Å². The summed E-state index contributed by atoms with van der Waals surface area (Å²) < 4.78 is 22.3. The molecule has 1 heterocycles. The third-order valence-electron chi connectivity index (χ3n) is 4.41. The lowest BCUT2D eigenvalue weighted by Crippen LogP contribution is -2.10. The Kier molecular flexibility index (Phi) is 4.82. The molecule has 5 nitrogen and oxygen atoms in total. The van der Waals surface area contributed by atoms with Gasteiger partial charge in [0.1, 0.15) is 30.0 Å². The highest BCUT2D eigenvalue weighted by Gasteiger charge is 2.22. The second-order valence-electron chi connectivity index (χ2n) is 6.24. The van der Waals surface area contributed by atoms with Gasteiger partial charge in [-0.3, -0.25) is 0 Å². The molecule has 1 saturated heterocycles. The van der Waals surface area contributed by atoms with Crippen LogP contribution in [-0.2, 0) is 9.47 Å². The van der Waals surface area contributed by atoms with Crippen LogP contribution in [0.2, 0.25) is 0 Å². The smallest absolute Gasteiger partial charge is 0.135 e. The van der Waals surface area contributed by atoms with Crippen molar-refractivity contribution >= 4 is 21.5 Å². The number of epoxide rings is 1. The van der Waals surface area contributed by atoms with Crippen LogP contribution >= 0.6 is 0 Å². The van der Waals surface area contributed by atoms with Crippen molar-refractivity contribution in [3.05, 3.63) is 42.5 Å². The summed E-state index contributed by atoms with van der Waals surface area (Å²) in [5, 5.41) is 14.0. The maximum Gasteiger partial charge on any atom is 0.135 e. The van der Waals surface area contributed by atoms with Crippen molar-refractivity contribution in [2.75, 3.05) is 33.0 Å². The number of aromatic hydroxyl groups is 1. The Morgan fingerprint density at radius 3 is 2.54 bits per heavy atom. The largest absolute Gasteiger partial charge is 0.507 e. The highest BCUT2D eigenvalue weighted by atomic mass is 16.6. The molecule has 136 valence electrons. The molecular formula is C21H22O5. The van der Waals surface area contributed by atoms with E-state index in [9.17, 15) is 5.11 Å². The molecule has 0 radical (unpaired) electrons. The lowest BCUT2D eigenvalue weighted by Gasteiger charge is -2.15. The van der Waals surface area contributed by atoms with Gasteiger partial charge in [0, 0.05) is 21.5 Å². The van der Waals surface area contributed by atoms with E-state index in [1.54, 1.807) is 0 Å². The Labute approximate surface area is 152 Å². The van der Waals surface area contributed by atoms with E-state index in [0.29, 0.717) is 26.4 Å². The van der Waals surface area contributed by atoms with Crippen LogP contribution < -0.4 is 9.47 Å². The Morgan fingerprint density at radius 1 is 1.00 bits per heavy atom. The number of hydrogen-bond donors (Lipinski definition) is 1. The Bertz CT molecular complexity index is 917. The molecule has 26 heavy (non-hydrogen) atoms. The first kappa shape index (κ1) is 16.9. The van der Waals surface area contributed by atoms with Gasteiger partial charge in [-0.2, -0.15) is 0 Å². The fourth-order valence-corrected chi connectivity index (χ4v) is 3.09. The molecule has 3 aromatic rings. The van der Waals surface area contributed by atoms with Gasteiger partial charge < -0.3 is 24.1 Å². The first-order valence-electron chi connectivity index (χ1n) is 8.90. The zero-order valence-electron chi connectivity index (χ0n) is 14.7. The molecule has 0 amide bonds. The van der Waals surface area contributed by atoms with Gasteiger partial charge in [-0.25, -0.2) is 0 Å². The van der Waals surface area contributed by atoms with E-state index in [2.05, 4.69) is 0 Å². The molecule has 1 unspecified atom stereocenters. The van der Waals surface area contributed by atoms with Gasteiger partial charge in [0.2, 0.25) is 0 Å². The molecule has 0 spiro atoms. The van der Waals surface area contributed by atoms with E-state index in [1.807, 2.05) is 49.4 Å². The molecule has 0 aromatic heterocycles. The lowest BCUT2D eigenvalue weighted by molar-refractivity contribution is 0.0887. The van der Waals surface area contributed by atoms with E-state index in [1.165, 1.54) is 0 Å². The summed E-state index contributed by atoms with van der Waals surface area (Å²) in [6.07, 6.45) is 0.252. The van der Waals surface area contributed by atoms with E-state index in [4.69, 9.17) is 18.9 Å². The van der Waals surface area contributed by atoms with Gasteiger partial charge in [0.15, 0.2) is 0 Å². The van der Waals surface area contributed by atoms with Crippen LogP contribution in [0.15, 0.2) is 42.5 Å². The van der Waals surface area contributed by atoms with Crippen LogP contribution in [0.25, 0.3) is 21.5 Å². The van der Waals surface area contributed by atoms with Crippen molar-refractivity contribution in [2.45, 2.75) is 13.0 Å². The molecule has 1 atom stereocenters. The minimum atomic E-state index is 0.242. The maximum atomic E-state index is 10.8. The first-order chi connectivity index (χ1) is 12.8. The van der Waals surface area contributed by atoms with Gasteiger partial charge in [0.25, 0.3) is 0 Å². The molecule has 1 aliphatic heterocycles. The summed E-state index contributed by atoms with van der Waals surface area (Å²) >= 11 is 0. The van der Waals surface area contributed by atoms with E-state index < -0.39 is 0 Å². The van der Waals surface area contributed by atoms with Crippen molar-refractivity contribution in [3.8, 4) is 17.2 Å². The van der Waals surface area contributed by atoms with Crippen molar-refractivity contribution in [1.29, 1.82) is 0 Å². The standard InChI is InChI=1S/C21H22O5/c1-2-24-14-7-8-18-19(11-14)20(22)16-5-3-4-6-17(16)21(18)25-10-9-23-12-15-13-26-15/h3-8,11,15,22H,2,9-10,12-13H2,1H3. The monoisotopic (exact) mass is 354 g/mol. The molecular weight excluding hydrogens is 332 g/mol. The summed E-state index contributed by atoms with van der Waals surface area (Å²) in [5.74, 6) is 1.72. The van der Waals surface area contributed by atoms with Crippen LogP contribution in [0.5, 0.6) is 17.2 Å². The zero-order chi connectivity index (χ0) is 17.9. The summed E-state index contributed by atoms with van der Waals surface area (Å²) in [7, 11) is 0. The number of fused-ring (bicyclic) bond motifs is 2. The number of phenols is 1. The normalized spacial score (nSPS) is 16.1. The number of rotatable bonds is 8. The Hall–Kier alpha value is -2.50. The fourth-order valence-electron chi connectivity index (χ4n) is 3.09. The summed E-state index contributed by atoms with van der Waals surface area (Å²) in [4.78, 5) is 0. The molecule has 0 aliphatic carbocycles. The molecule has 5 heteroatoms. The molecule has 1 aliphatic rings. The van der Waals surface area contributed by atoms with Gasteiger partial charge in [0.05, 0.1) is 26.4 Å². The third-order valence-corrected chi connectivity index (χ3v) is 4.41. The van der Waals surface area contributed by atoms with Gasteiger partial charge >= 0.3 is 0 Å². The minimum absolute atomic E-state index is 0.242. The number of hydrogen-bond acceptors (Lipinski definition) is 5. The van der Waals surface area contributed by atoms with Crippen LogP contribution in [0.1, 0.15) is 6.92 Å². The Balaban J connectivity index is 1.68. The fraction of sp³-hybridized carbons (Fsp3) is 0.333. The predicted molar refractivity (Wildman–Crippen MR) is 100 cm³/mol. The maximum absolute atomic E-state index is 10.8. The van der Waals surface area contributed by atoms with Crippen molar-refractivity contribution < 1.29 is 24.1 Å². The van der Waals surface area contributed by atoms with Crippen LogP contribution in [0.3, 0.4) is 0 Å². The van der Waals surface area contributed by atoms with Crippen molar-refractivity contribution in [2.24, 2.45) is 0 Å². The highest BCUT2D eigenvalue weighted by Crippen LogP contribution is 2.43. The Morgan fingerprint density at radius 2 is 1.77 bits per heavy atom. The molecule has 0 saturated carbocycles. The van der Waals surface area contributed by atoms with Crippen molar-refractivity contribution in [1.82, 2.24) is 0 Å². The quantitative estimate of drug-likeness (QED) is 0.378. The average molecular weight is 354 g/mol. The summed E-state index contributed by atoms with van der Waals surface area (Å²) in [5.41, 5.74) is 0. The SMILES string of the molecule is CCOc1ccc2c(OCCOCC3CO3)c3ccccc3c(O)c2c1. The molecule has 4 rings (SSSR count). The molecule has 0 bridgehead atoms. The van der Waals surface area contributed by atoms with Crippen LogP contribution in [0, 0.1) is 0 Å². The average Bonchev–Trinajstić information content (AvgIpc) is 3.49. The summed E-state index contributed by atoms with van der Waals surface area (Å²) in [6.45, 7) is 4.84. The number of phenolic OH excluding ortho intramolecular Hbond substituents is 1. The van der Waals surface area contributed by atoms with Gasteiger partial charge in [-0.05, 0) is 25.1 Å². The summed E-state index contributed by atoms with van der Waals surface area (Å²) in [6, 6.07) is 13.4. The van der Waals surface area contributed by atoms with Crippen LogP contribution in [0.4, 0.5) is 0 Å². The molecule has 1 N–H and O–H groups in total. The van der Waals surface area contributed by atoms with E-state index in [0.717, 1.165) is 39.7 Å². The molecule has 3 aromatic carbocycles. The van der Waals surface area contributed by atoms with E-state index >= 15 is 0 Å². The highest BCUT2D eigenvalue weighted by molar-refractivity contribution is 6.11. The second kappa shape index (κ2) is 7.40. The topological polar surface area (TPSA) is 60.5 Å². The minimum Gasteiger partial charge on any atom is -0.507 e. The predicted octanol–water partition coefficient (Wildman–Crippen LogP) is 3.89. The second-order valence-corrected chi connectivity index (χ2v) is 6.24. The van der Waals surface area contributed by atoms with Gasteiger partial charge in [-0.15, -0.1) is 0 Å². The number of benzene rings is 3. The molecule has 1 fully saturated rings. The lowest BCUT2D eigenvalue weighted by atomic mass is 10.0. The van der Waals surface area contributed by atoms with Crippen molar-refractivity contribution in [3.63, 3.8) is 0 Å². The first-order valence-corrected chi connectivity index (χ1v) is 8.90. The number of ether oxygens (including phenoxy) is 4. The third kappa shape index (κ3) is 3.41. The van der Waals surface area contributed by atoms with Crippen LogP contribution in [-0.4, -0.2) is 44.2 Å². The van der Waals surface area contributed by atoms with Gasteiger partial charge in [-0.1, -0.05) is 24.3 Å².